The van der Waals surface area contributed by atoms with Gasteiger partial charge in [0.1, 0.15) is 25.4 Å². The van der Waals surface area contributed by atoms with Crippen molar-refractivity contribution in [2.75, 3.05) is 39.6 Å². The summed E-state index contributed by atoms with van der Waals surface area (Å²) in [5, 5.41) is 20.5. The zero-order chi connectivity index (χ0) is 61.0. The van der Waals surface area contributed by atoms with E-state index in [1.54, 1.807) is 0 Å². The van der Waals surface area contributed by atoms with Gasteiger partial charge in [0.05, 0.1) is 26.4 Å². The number of phosphoric acid groups is 2. The van der Waals surface area contributed by atoms with Gasteiger partial charge in [0, 0.05) is 19.3 Å². The van der Waals surface area contributed by atoms with Crippen LogP contribution in [0.3, 0.4) is 0 Å². The van der Waals surface area contributed by atoms with E-state index in [-0.39, 0.29) is 19.3 Å². The minimum absolute atomic E-state index is 0.0901. The Morgan fingerprint density at radius 2 is 0.639 bits per heavy atom. The predicted octanol–water partition coefficient (Wildman–Crippen LogP) is 17.0. The third kappa shape index (κ3) is 60.2. The smallest absolute Gasteiger partial charge is 0.463 e. The van der Waals surface area contributed by atoms with E-state index in [2.05, 4.69) is 106 Å². The van der Waals surface area contributed by atoms with Crippen molar-refractivity contribution in [1.82, 2.24) is 0 Å². The SMILES string of the molecule is CC/C=C\C/C=C\C/C=C\CCCCCCCC(=O)OCC(COP(=O)(O)OCC(O)COP(=O)(O)OCC(O)COC(=O)CCCCCCCC/C=C\C/C=C\C/C=C\CCCCC)OC(=O)CCCCCCC/C=C\CCCCCC. The zero-order valence-corrected chi connectivity index (χ0v) is 53.4. The number of carbonyl (C=O) groups excluding carboxylic acids is 3. The summed E-state index contributed by atoms with van der Waals surface area (Å²) in [7, 11) is -9.77. The third-order valence-corrected chi connectivity index (χ3v) is 15.0. The molecular weight excluding hydrogens is 1100 g/mol. The van der Waals surface area contributed by atoms with Crippen LogP contribution in [0.15, 0.2) is 85.1 Å². The minimum atomic E-state index is -4.92. The number of hydrogen-bond acceptors (Lipinski definition) is 14. The number of esters is 3. The van der Waals surface area contributed by atoms with Crippen LogP contribution in [-0.4, -0.2) is 95.9 Å². The standard InChI is InChI=1S/C65H114O16P2/c1-4-7-10-13-16-19-22-25-27-28-29-30-32-35-36-39-42-45-48-51-63(68)75-54-60(66)55-77-82(71,72)78-56-61(67)57-79-83(73,74)80-59-62(81-65(70)53-50-47-44-41-38-33-24-21-18-15-12-9-6-3)58-76-64(69)52-49-46-43-40-37-34-31-26-23-20-17-14-11-8-5-2/h8,11,16-17,19-21,24-27,29-31,60-62,66-67H,4-7,9-10,12-15,18,22-23,28,32-59H2,1-3H3,(H,71,72)(H,73,74)/b11-8-,19-16-,20-17-,24-21-,27-25-,30-29-,31-26-. The van der Waals surface area contributed by atoms with Crippen molar-refractivity contribution in [2.24, 2.45) is 0 Å². The number of aliphatic hydroxyl groups excluding tert-OH is 2. The molecule has 0 radical (unpaired) electrons. The van der Waals surface area contributed by atoms with E-state index in [9.17, 15) is 43.5 Å². The Hall–Kier alpha value is -3.27. The molecule has 0 heterocycles. The fourth-order valence-corrected chi connectivity index (χ4v) is 9.76. The summed E-state index contributed by atoms with van der Waals surface area (Å²) < 4.78 is 60.7. The van der Waals surface area contributed by atoms with E-state index < -0.39 is 91.5 Å². The van der Waals surface area contributed by atoms with Gasteiger partial charge < -0.3 is 34.2 Å². The normalized spacial score (nSPS) is 14.9. The number of phosphoric ester groups is 2. The molecule has 0 aliphatic carbocycles. The Morgan fingerprint density at radius 1 is 0.349 bits per heavy atom. The van der Waals surface area contributed by atoms with Gasteiger partial charge in [0.2, 0.25) is 0 Å². The molecule has 5 atom stereocenters. The molecule has 4 N–H and O–H groups in total. The molecule has 0 aromatic rings. The van der Waals surface area contributed by atoms with Crippen LogP contribution in [0.2, 0.25) is 0 Å². The third-order valence-electron chi connectivity index (χ3n) is 13.1. The molecule has 0 saturated heterocycles. The Balaban J connectivity index is 4.66. The molecule has 0 saturated carbocycles. The van der Waals surface area contributed by atoms with Crippen molar-refractivity contribution in [3.05, 3.63) is 85.1 Å². The summed E-state index contributed by atoms with van der Waals surface area (Å²) in [6.07, 6.45) is 60.7. The van der Waals surface area contributed by atoms with Gasteiger partial charge in [-0.15, -0.1) is 0 Å². The highest BCUT2D eigenvalue weighted by atomic mass is 31.2. The molecule has 5 unspecified atom stereocenters. The van der Waals surface area contributed by atoms with Gasteiger partial charge in [-0.3, -0.25) is 32.5 Å². The van der Waals surface area contributed by atoms with Gasteiger partial charge in [-0.1, -0.05) is 202 Å². The molecule has 0 aromatic heterocycles. The Bertz CT molecular complexity index is 1860. The fraction of sp³-hybridized carbons (Fsp3) is 0.738. The molecule has 0 aromatic carbocycles. The molecule has 83 heavy (non-hydrogen) atoms. The lowest BCUT2D eigenvalue weighted by atomic mass is 10.1. The highest BCUT2D eigenvalue weighted by Crippen LogP contribution is 2.45. The lowest BCUT2D eigenvalue weighted by Gasteiger charge is -2.21. The molecule has 0 aliphatic heterocycles. The van der Waals surface area contributed by atoms with E-state index in [0.717, 1.165) is 141 Å². The highest BCUT2D eigenvalue weighted by molar-refractivity contribution is 7.47. The molecule has 0 aliphatic rings. The monoisotopic (exact) mass is 1210 g/mol. The largest absolute Gasteiger partial charge is 0.472 e. The second-order valence-corrected chi connectivity index (χ2v) is 24.1. The number of unbranched alkanes of at least 4 members (excludes halogenated alkanes) is 23. The molecule has 0 amide bonds. The van der Waals surface area contributed by atoms with Crippen LogP contribution in [0.5, 0.6) is 0 Å². The van der Waals surface area contributed by atoms with Gasteiger partial charge in [-0.25, -0.2) is 9.13 Å². The Kier molecular flexibility index (Phi) is 56.8. The number of rotatable bonds is 60. The number of ether oxygens (including phenoxy) is 3. The van der Waals surface area contributed by atoms with E-state index in [0.29, 0.717) is 19.3 Å². The maximum absolute atomic E-state index is 12.9. The molecule has 0 fully saturated rings. The summed E-state index contributed by atoms with van der Waals surface area (Å²) >= 11 is 0. The molecule has 18 heteroatoms. The molecular formula is C65H114O16P2. The molecule has 480 valence electrons. The first-order valence-corrected chi connectivity index (χ1v) is 34.9. The molecule has 0 spiro atoms. The quantitative estimate of drug-likeness (QED) is 0.0146. The van der Waals surface area contributed by atoms with Crippen molar-refractivity contribution in [1.29, 1.82) is 0 Å². The fourth-order valence-electron chi connectivity index (χ4n) is 8.17. The summed E-state index contributed by atoms with van der Waals surface area (Å²) in [4.78, 5) is 58.2. The average molecular weight is 1210 g/mol. The lowest BCUT2D eigenvalue weighted by Crippen LogP contribution is -2.30. The maximum atomic E-state index is 12.9. The van der Waals surface area contributed by atoms with Crippen molar-refractivity contribution >= 4 is 33.6 Å². The second-order valence-electron chi connectivity index (χ2n) is 21.2. The van der Waals surface area contributed by atoms with E-state index in [1.807, 2.05) is 0 Å². The second kappa shape index (κ2) is 59.1. The molecule has 0 bridgehead atoms. The lowest BCUT2D eigenvalue weighted by molar-refractivity contribution is -0.161. The minimum Gasteiger partial charge on any atom is -0.463 e. The maximum Gasteiger partial charge on any atom is 0.472 e. The van der Waals surface area contributed by atoms with Gasteiger partial charge in [0.25, 0.3) is 0 Å². The Labute approximate surface area is 502 Å². The van der Waals surface area contributed by atoms with E-state index in [1.165, 1.54) is 51.4 Å². The van der Waals surface area contributed by atoms with Crippen LogP contribution in [0.25, 0.3) is 0 Å². The van der Waals surface area contributed by atoms with Crippen molar-refractivity contribution < 1.29 is 75.8 Å². The van der Waals surface area contributed by atoms with E-state index >= 15 is 0 Å². The molecule has 16 nitrogen and oxygen atoms in total. The average Bonchev–Trinajstić information content (AvgIpc) is 3.46. The summed E-state index contributed by atoms with van der Waals surface area (Å²) in [6, 6.07) is 0. The highest BCUT2D eigenvalue weighted by Gasteiger charge is 2.29. The van der Waals surface area contributed by atoms with Gasteiger partial charge >= 0.3 is 33.6 Å². The van der Waals surface area contributed by atoms with Gasteiger partial charge in [-0.05, 0) is 116 Å². The first kappa shape index (κ1) is 79.7. The van der Waals surface area contributed by atoms with Crippen LogP contribution in [0.4, 0.5) is 0 Å². The van der Waals surface area contributed by atoms with Crippen molar-refractivity contribution in [2.45, 2.75) is 270 Å². The topological polar surface area (TPSA) is 231 Å². The first-order chi connectivity index (χ1) is 40.2. The summed E-state index contributed by atoms with van der Waals surface area (Å²) in [5.74, 6) is -1.62. The number of carbonyl (C=O) groups is 3. The van der Waals surface area contributed by atoms with Crippen molar-refractivity contribution in [3.63, 3.8) is 0 Å². The summed E-state index contributed by atoms with van der Waals surface area (Å²) in [6.45, 7) is 2.45. The Morgan fingerprint density at radius 3 is 1.05 bits per heavy atom. The van der Waals surface area contributed by atoms with Crippen LogP contribution >= 0.6 is 15.6 Å². The first-order valence-electron chi connectivity index (χ1n) is 31.9. The van der Waals surface area contributed by atoms with Crippen LogP contribution < -0.4 is 0 Å². The van der Waals surface area contributed by atoms with Gasteiger partial charge in [0.15, 0.2) is 6.10 Å². The van der Waals surface area contributed by atoms with Gasteiger partial charge in [-0.2, -0.15) is 0 Å². The predicted molar refractivity (Wildman–Crippen MR) is 334 cm³/mol. The zero-order valence-electron chi connectivity index (χ0n) is 51.6. The number of allylic oxidation sites excluding steroid dienone is 14. The number of aliphatic hydroxyl groups is 2. The summed E-state index contributed by atoms with van der Waals surface area (Å²) in [5.41, 5.74) is 0. The van der Waals surface area contributed by atoms with Crippen LogP contribution in [0.1, 0.15) is 252 Å². The van der Waals surface area contributed by atoms with Crippen LogP contribution in [-0.2, 0) is 55.8 Å². The number of hydrogen-bond donors (Lipinski definition) is 4. The van der Waals surface area contributed by atoms with E-state index in [4.69, 9.17) is 32.3 Å². The molecule has 0 rings (SSSR count). The van der Waals surface area contributed by atoms with Crippen LogP contribution in [0, 0.1) is 0 Å². The van der Waals surface area contributed by atoms with Crippen molar-refractivity contribution in [3.8, 4) is 0 Å².